The van der Waals surface area contributed by atoms with Gasteiger partial charge in [0.05, 0.1) is 35.3 Å². The van der Waals surface area contributed by atoms with Gasteiger partial charge in [-0.3, -0.25) is 33.9 Å². The average molecular weight is 797 g/mol. The maximum atomic E-state index is 13.7. The number of rotatable bonds is 16. The number of thiazole rings is 1. The largest absolute Gasteiger partial charge is 0.494 e. The Kier molecular flexibility index (Phi) is 12.0. The minimum Gasteiger partial charge on any atom is -0.494 e. The highest BCUT2D eigenvalue weighted by atomic mass is 32.1. The van der Waals surface area contributed by atoms with Gasteiger partial charge in [0, 0.05) is 37.3 Å². The number of allylic oxidation sites excluding steroid dienone is 2. The molecule has 4 aromatic heterocycles. The monoisotopic (exact) mass is 796 g/mol. The number of hydrogen-bond donors (Lipinski definition) is 4. The van der Waals surface area contributed by atoms with Crippen molar-refractivity contribution < 1.29 is 28.7 Å². The Labute approximate surface area is 330 Å². The molecule has 4 amide bonds. The van der Waals surface area contributed by atoms with Crippen LogP contribution in [0.3, 0.4) is 0 Å². The summed E-state index contributed by atoms with van der Waals surface area (Å²) in [6, 6.07) is 9.64. The molecule has 57 heavy (non-hydrogen) atoms. The topological polar surface area (TPSA) is 248 Å². The number of nitrogens with one attached hydrogen (secondary N) is 1. The molecule has 0 aliphatic rings. The standard InChI is InChI=1S/C38H44N12O6S/c1-6-49-26(15-21(3)45-49)35(53)43-37-42-25-17-23(33(40)51)19-29(56-14-10-11-39)31(25)47(37)12-8-9-13-48-32-28(55-5)18-24(34(41)52)20-30(32)57-38(48)44-36(54)27-16-22(4)46-50(27)7-2/h8-9,15-20H,6-7,10-14,39H2,1-5H3,(H2,40,51)(H2,41,52)(H,42,43,53)/b9-8+,44-38?. The number of nitrogens with zero attached hydrogens (tertiary/aromatic N) is 8. The molecule has 4 heterocycles. The number of ether oxygens (including phenoxy) is 2. The Hall–Kier alpha value is -6.60. The van der Waals surface area contributed by atoms with Crippen LogP contribution < -0.4 is 36.8 Å². The van der Waals surface area contributed by atoms with Crippen LogP contribution in [-0.4, -0.2) is 77.6 Å². The number of nitrogens with two attached hydrogens (primary N) is 3. The third-order valence-electron chi connectivity index (χ3n) is 8.96. The lowest BCUT2D eigenvalue weighted by molar-refractivity contribution is 0.0982. The van der Waals surface area contributed by atoms with Crippen molar-refractivity contribution in [1.29, 1.82) is 0 Å². The van der Waals surface area contributed by atoms with E-state index in [4.69, 9.17) is 31.7 Å². The molecule has 6 aromatic rings. The van der Waals surface area contributed by atoms with Gasteiger partial charge in [-0.15, -0.1) is 0 Å². The van der Waals surface area contributed by atoms with E-state index in [1.54, 1.807) is 68.7 Å². The van der Waals surface area contributed by atoms with Crippen molar-refractivity contribution in [1.82, 2.24) is 33.7 Å². The average Bonchev–Trinajstić information content (AvgIpc) is 3.95. The van der Waals surface area contributed by atoms with Crippen molar-refractivity contribution >= 4 is 62.2 Å². The highest BCUT2D eigenvalue weighted by Crippen LogP contribution is 2.32. The molecule has 0 spiro atoms. The van der Waals surface area contributed by atoms with E-state index < -0.39 is 23.6 Å². The van der Waals surface area contributed by atoms with E-state index in [2.05, 4.69) is 20.5 Å². The first-order valence-corrected chi connectivity index (χ1v) is 19.0. The summed E-state index contributed by atoms with van der Waals surface area (Å²) in [5, 5.41) is 11.7. The number of aromatic nitrogens is 7. The van der Waals surface area contributed by atoms with Crippen LogP contribution in [0.2, 0.25) is 0 Å². The summed E-state index contributed by atoms with van der Waals surface area (Å²) in [7, 11) is 1.48. The quantitative estimate of drug-likeness (QED) is 0.0822. The lowest BCUT2D eigenvalue weighted by Crippen LogP contribution is -2.20. The van der Waals surface area contributed by atoms with Crippen LogP contribution in [0.5, 0.6) is 11.5 Å². The Bertz CT molecular complexity index is 2630. The summed E-state index contributed by atoms with van der Waals surface area (Å²) in [6.07, 6.45) is 4.26. The third-order valence-corrected chi connectivity index (χ3v) is 9.99. The van der Waals surface area contributed by atoms with Crippen molar-refractivity contribution in [2.45, 2.75) is 60.3 Å². The van der Waals surface area contributed by atoms with E-state index in [9.17, 15) is 19.2 Å². The van der Waals surface area contributed by atoms with Gasteiger partial charge in [0.25, 0.3) is 11.8 Å². The number of benzene rings is 2. The zero-order chi connectivity index (χ0) is 41.0. The molecule has 0 unspecified atom stereocenters. The van der Waals surface area contributed by atoms with Gasteiger partial charge in [0.1, 0.15) is 33.9 Å². The van der Waals surface area contributed by atoms with E-state index in [1.165, 1.54) is 18.4 Å². The van der Waals surface area contributed by atoms with E-state index >= 15 is 0 Å². The second-order valence-electron chi connectivity index (χ2n) is 12.9. The number of amides is 4. The van der Waals surface area contributed by atoms with Crippen LogP contribution in [-0.2, 0) is 26.2 Å². The highest BCUT2D eigenvalue weighted by molar-refractivity contribution is 7.16. The molecule has 0 atom stereocenters. The van der Waals surface area contributed by atoms with Crippen LogP contribution in [0.25, 0.3) is 21.3 Å². The number of anilines is 1. The van der Waals surface area contributed by atoms with Gasteiger partial charge in [0.15, 0.2) is 4.80 Å². The Morgan fingerprint density at radius 1 is 0.842 bits per heavy atom. The number of aryl methyl sites for hydroxylation is 4. The molecule has 18 nitrogen and oxygen atoms in total. The lowest BCUT2D eigenvalue weighted by atomic mass is 10.1. The first kappa shape index (κ1) is 40.1. The third kappa shape index (κ3) is 8.33. The first-order valence-electron chi connectivity index (χ1n) is 18.2. The Balaban J connectivity index is 1.44. The minimum absolute atomic E-state index is 0.174. The summed E-state index contributed by atoms with van der Waals surface area (Å²) in [5.74, 6) is -1.34. The summed E-state index contributed by atoms with van der Waals surface area (Å²) in [5.41, 5.74) is 21.0. The number of methoxy groups -OCH3 is 1. The summed E-state index contributed by atoms with van der Waals surface area (Å²) in [6.45, 7) is 9.36. The highest BCUT2D eigenvalue weighted by Gasteiger charge is 2.22. The van der Waals surface area contributed by atoms with Crippen molar-refractivity contribution in [2.24, 2.45) is 22.2 Å². The fraction of sp³-hybridized carbons (Fsp3) is 0.316. The molecule has 0 bridgehead atoms. The van der Waals surface area contributed by atoms with Crippen LogP contribution in [0, 0.1) is 13.8 Å². The predicted octanol–water partition coefficient (Wildman–Crippen LogP) is 3.29. The SMILES string of the molecule is CCn1nc(C)cc1C(=O)N=c1sc2cc(C(N)=O)cc(OC)c2n1C/C=C/Cn1c(NC(=O)c2cc(C)nn2CC)nc2cc(C(N)=O)cc(OCCCN)c21. The molecule has 0 radical (unpaired) electrons. The van der Waals surface area contributed by atoms with Crippen molar-refractivity contribution in [3.8, 4) is 11.5 Å². The molecule has 6 rings (SSSR count). The van der Waals surface area contributed by atoms with Gasteiger partial charge in [-0.2, -0.15) is 15.2 Å². The molecule has 298 valence electrons. The summed E-state index contributed by atoms with van der Waals surface area (Å²) in [4.78, 5) is 61.4. The fourth-order valence-electron chi connectivity index (χ4n) is 6.34. The van der Waals surface area contributed by atoms with Gasteiger partial charge in [0.2, 0.25) is 17.8 Å². The maximum absolute atomic E-state index is 13.7. The Morgan fingerprint density at radius 3 is 2.09 bits per heavy atom. The number of carbonyl (C=O) groups is 4. The number of carbonyl (C=O) groups excluding carboxylic acids is 4. The molecule has 0 fully saturated rings. The number of primary amides is 2. The van der Waals surface area contributed by atoms with Gasteiger partial charge >= 0.3 is 0 Å². The lowest BCUT2D eigenvalue weighted by Gasteiger charge is -2.13. The second-order valence-corrected chi connectivity index (χ2v) is 14.0. The van der Waals surface area contributed by atoms with Crippen LogP contribution >= 0.6 is 11.3 Å². The molecule has 2 aromatic carbocycles. The molecule has 0 aliphatic carbocycles. The zero-order valence-corrected chi connectivity index (χ0v) is 33.1. The van der Waals surface area contributed by atoms with E-state index in [-0.39, 0.29) is 36.8 Å². The maximum Gasteiger partial charge on any atom is 0.297 e. The van der Waals surface area contributed by atoms with Crippen molar-refractivity contribution in [2.75, 3.05) is 25.6 Å². The normalized spacial score (nSPS) is 11.9. The molecule has 0 saturated carbocycles. The van der Waals surface area contributed by atoms with E-state index in [1.807, 2.05) is 26.0 Å². The van der Waals surface area contributed by atoms with Crippen molar-refractivity contribution in [3.05, 3.63) is 87.3 Å². The molecule has 0 aliphatic heterocycles. The zero-order valence-electron chi connectivity index (χ0n) is 32.2. The number of hydrogen-bond acceptors (Lipinski definition) is 11. The molecular weight excluding hydrogens is 753 g/mol. The van der Waals surface area contributed by atoms with E-state index in [0.717, 1.165) is 0 Å². The fourth-order valence-corrected chi connectivity index (χ4v) is 7.44. The molecular formula is C38H44N12O6S. The predicted molar refractivity (Wildman–Crippen MR) is 215 cm³/mol. The summed E-state index contributed by atoms with van der Waals surface area (Å²) < 4.78 is 19.2. The molecule has 7 N–H and O–H groups in total. The van der Waals surface area contributed by atoms with Crippen LogP contribution in [0.1, 0.15) is 73.3 Å². The summed E-state index contributed by atoms with van der Waals surface area (Å²) >= 11 is 1.20. The van der Waals surface area contributed by atoms with E-state index in [0.29, 0.717) is 86.4 Å². The van der Waals surface area contributed by atoms with Crippen LogP contribution in [0.15, 0.2) is 53.5 Å². The van der Waals surface area contributed by atoms with Crippen molar-refractivity contribution in [3.63, 3.8) is 0 Å². The Morgan fingerprint density at radius 2 is 1.46 bits per heavy atom. The number of imidazole rings is 1. The second kappa shape index (κ2) is 17.0. The molecule has 0 saturated heterocycles. The van der Waals surface area contributed by atoms with Gasteiger partial charge in [-0.05, 0) is 77.1 Å². The number of fused-ring (bicyclic) bond motifs is 2. The molecule has 19 heteroatoms. The first-order chi connectivity index (χ1) is 27.4. The van der Waals surface area contributed by atoms with Gasteiger partial charge in [-0.25, -0.2) is 4.98 Å². The van der Waals surface area contributed by atoms with Gasteiger partial charge in [-0.1, -0.05) is 23.5 Å². The van der Waals surface area contributed by atoms with Gasteiger partial charge < -0.3 is 35.8 Å². The van der Waals surface area contributed by atoms with Crippen LogP contribution in [0.4, 0.5) is 5.95 Å². The minimum atomic E-state index is -0.671. The smallest absolute Gasteiger partial charge is 0.297 e.